The van der Waals surface area contributed by atoms with E-state index in [2.05, 4.69) is 41.5 Å². The number of nitrogens with zero attached hydrogens (tertiary/aromatic N) is 1. The number of aromatic nitrogens is 1. The molecule has 0 saturated heterocycles. The molecule has 202 valence electrons. The summed E-state index contributed by atoms with van der Waals surface area (Å²) in [5.74, 6) is -0.127. The third-order valence-corrected chi connectivity index (χ3v) is 8.55. The Morgan fingerprint density at radius 3 is 2.39 bits per heavy atom. The van der Waals surface area contributed by atoms with Crippen molar-refractivity contribution in [2.24, 2.45) is 0 Å². The van der Waals surface area contributed by atoms with E-state index in [9.17, 15) is 9.90 Å². The molecule has 0 fully saturated rings. The van der Waals surface area contributed by atoms with Gasteiger partial charge >= 0.3 is 0 Å². The predicted molar refractivity (Wildman–Crippen MR) is 169 cm³/mol. The highest BCUT2D eigenvalue weighted by Gasteiger charge is 2.21. The SMILES string of the molecule is Cc1ccc(-c2cccc(C(Cc3cc(Cl)c4cccnc4c3O)NC(=O)c3ccc(-c4ccccc4)cc3)c2)s1. The minimum atomic E-state index is -0.430. The quantitative estimate of drug-likeness (QED) is 0.200. The zero-order valence-electron chi connectivity index (χ0n) is 22.3. The van der Waals surface area contributed by atoms with E-state index in [1.54, 1.807) is 29.7 Å². The summed E-state index contributed by atoms with van der Waals surface area (Å²) in [5, 5.41) is 15.6. The number of hydrogen-bond acceptors (Lipinski definition) is 4. The Kier molecular flexibility index (Phi) is 7.55. The molecule has 0 aliphatic carbocycles. The number of aryl methyl sites for hydroxylation is 1. The minimum absolute atomic E-state index is 0.0708. The van der Waals surface area contributed by atoms with Crippen molar-refractivity contribution in [1.29, 1.82) is 0 Å². The molecule has 1 amide bonds. The van der Waals surface area contributed by atoms with Gasteiger partial charge in [-0.2, -0.15) is 0 Å². The number of pyridine rings is 1. The molecule has 1 atom stereocenters. The van der Waals surface area contributed by atoms with Crippen molar-refractivity contribution in [2.45, 2.75) is 19.4 Å². The van der Waals surface area contributed by atoms with Crippen LogP contribution >= 0.6 is 22.9 Å². The zero-order valence-corrected chi connectivity index (χ0v) is 23.9. The molecule has 0 spiro atoms. The largest absolute Gasteiger partial charge is 0.505 e. The van der Waals surface area contributed by atoms with Gasteiger partial charge in [-0.3, -0.25) is 9.78 Å². The van der Waals surface area contributed by atoms with Gasteiger partial charge in [0.15, 0.2) is 0 Å². The summed E-state index contributed by atoms with van der Waals surface area (Å²) in [6.07, 6.45) is 1.96. The van der Waals surface area contributed by atoms with Gasteiger partial charge in [-0.15, -0.1) is 11.3 Å². The number of hydrogen-bond donors (Lipinski definition) is 2. The first-order valence-corrected chi connectivity index (χ1v) is 14.5. The second-order valence-electron chi connectivity index (χ2n) is 9.97. The summed E-state index contributed by atoms with van der Waals surface area (Å²) in [6.45, 7) is 2.09. The highest BCUT2D eigenvalue weighted by atomic mass is 35.5. The molecule has 6 rings (SSSR count). The van der Waals surface area contributed by atoms with Crippen LogP contribution in [0.1, 0.15) is 32.4 Å². The number of nitrogens with one attached hydrogen (secondary N) is 1. The highest BCUT2D eigenvalue weighted by molar-refractivity contribution is 7.15. The zero-order chi connectivity index (χ0) is 28.3. The predicted octanol–water partition coefficient (Wildman–Crippen LogP) is 9.01. The van der Waals surface area contributed by atoms with E-state index in [1.165, 1.54) is 4.88 Å². The van der Waals surface area contributed by atoms with Crippen molar-refractivity contribution in [3.63, 3.8) is 0 Å². The monoisotopic (exact) mass is 574 g/mol. The Hall–Kier alpha value is -4.45. The van der Waals surface area contributed by atoms with Gasteiger partial charge in [0.2, 0.25) is 0 Å². The van der Waals surface area contributed by atoms with Gasteiger partial charge in [0, 0.05) is 38.9 Å². The number of halogens is 1. The summed E-state index contributed by atoms with van der Waals surface area (Å²) in [4.78, 5) is 20.3. The molecular weight excluding hydrogens is 548 g/mol. The third-order valence-electron chi connectivity index (χ3n) is 7.19. The van der Waals surface area contributed by atoms with Crippen molar-refractivity contribution in [2.75, 3.05) is 0 Å². The number of fused-ring (bicyclic) bond motifs is 1. The van der Waals surface area contributed by atoms with Gasteiger partial charge in [0.05, 0.1) is 11.1 Å². The topological polar surface area (TPSA) is 62.2 Å². The molecule has 2 heterocycles. The number of phenols is 1. The summed E-state index contributed by atoms with van der Waals surface area (Å²) in [5.41, 5.74) is 5.76. The summed E-state index contributed by atoms with van der Waals surface area (Å²) < 4.78 is 0. The van der Waals surface area contributed by atoms with E-state index in [-0.39, 0.29) is 11.7 Å². The molecule has 2 N–H and O–H groups in total. The molecule has 41 heavy (non-hydrogen) atoms. The lowest BCUT2D eigenvalue weighted by atomic mass is 9.95. The average Bonchev–Trinajstić information content (AvgIpc) is 3.46. The number of rotatable bonds is 7. The molecule has 0 bridgehead atoms. The molecule has 0 saturated carbocycles. The van der Waals surface area contributed by atoms with Gasteiger partial charge in [0.1, 0.15) is 11.3 Å². The first-order chi connectivity index (χ1) is 20.0. The Balaban J connectivity index is 1.35. The normalized spacial score (nSPS) is 11.9. The molecular formula is C35H27ClN2O2S. The fourth-order valence-electron chi connectivity index (χ4n) is 5.05. The number of carbonyl (C=O) groups is 1. The Morgan fingerprint density at radius 1 is 0.878 bits per heavy atom. The Bertz CT molecular complexity index is 1850. The molecule has 0 radical (unpaired) electrons. The van der Waals surface area contributed by atoms with Crippen molar-refractivity contribution in [3.8, 4) is 27.3 Å². The van der Waals surface area contributed by atoms with E-state index >= 15 is 0 Å². The minimum Gasteiger partial charge on any atom is -0.505 e. The maximum absolute atomic E-state index is 13.6. The first-order valence-electron chi connectivity index (χ1n) is 13.3. The molecule has 4 aromatic carbocycles. The maximum Gasteiger partial charge on any atom is 0.251 e. The number of benzene rings is 4. The van der Waals surface area contributed by atoms with E-state index in [0.29, 0.717) is 33.5 Å². The lowest BCUT2D eigenvalue weighted by Crippen LogP contribution is -2.30. The second-order valence-corrected chi connectivity index (χ2v) is 11.7. The average molecular weight is 575 g/mol. The van der Waals surface area contributed by atoms with Crippen LogP contribution in [0.4, 0.5) is 0 Å². The van der Waals surface area contributed by atoms with Crippen LogP contribution in [-0.4, -0.2) is 16.0 Å². The molecule has 0 aliphatic heterocycles. The van der Waals surface area contributed by atoms with Crippen molar-refractivity contribution in [1.82, 2.24) is 10.3 Å². The smallest absolute Gasteiger partial charge is 0.251 e. The van der Waals surface area contributed by atoms with Crippen LogP contribution in [0, 0.1) is 6.92 Å². The number of amides is 1. The van der Waals surface area contributed by atoms with Crippen molar-refractivity contribution in [3.05, 3.63) is 142 Å². The van der Waals surface area contributed by atoms with Crippen LogP contribution < -0.4 is 5.32 Å². The number of phenolic OH excluding ortho intramolecular Hbond substituents is 1. The van der Waals surface area contributed by atoms with E-state index < -0.39 is 6.04 Å². The van der Waals surface area contributed by atoms with Crippen molar-refractivity contribution < 1.29 is 9.90 Å². The van der Waals surface area contributed by atoms with Crippen LogP contribution in [-0.2, 0) is 6.42 Å². The molecule has 2 aromatic heterocycles. The Morgan fingerprint density at radius 2 is 1.63 bits per heavy atom. The van der Waals surface area contributed by atoms with Crippen LogP contribution in [0.15, 0.2) is 115 Å². The van der Waals surface area contributed by atoms with E-state index in [1.807, 2.05) is 72.8 Å². The maximum atomic E-state index is 13.6. The fourth-order valence-corrected chi connectivity index (χ4v) is 6.20. The van der Waals surface area contributed by atoms with Crippen LogP contribution in [0.2, 0.25) is 5.02 Å². The molecule has 4 nitrogen and oxygen atoms in total. The van der Waals surface area contributed by atoms with Crippen LogP contribution in [0.3, 0.4) is 0 Å². The van der Waals surface area contributed by atoms with Gasteiger partial charge < -0.3 is 10.4 Å². The van der Waals surface area contributed by atoms with Crippen LogP contribution in [0.5, 0.6) is 5.75 Å². The van der Waals surface area contributed by atoms with Gasteiger partial charge in [-0.1, -0.05) is 72.3 Å². The highest BCUT2D eigenvalue weighted by Crippen LogP contribution is 2.36. The molecule has 1 unspecified atom stereocenters. The second kappa shape index (κ2) is 11.6. The van der Waals surface area contributed by atoms with Crippen LogP contribution in [0.25, 0.3) is 32.5 Å². The third kappa shape index (κ3) is 5.73. The summed E-state index contributed by atoms with van der Waals surface area (Å²) >= 11 is 8.33. The summed E-state index contributed by atoms with van der Waals surface area (Å²) in [6, 6.07) is 35.0. The number of carbonyl (C=O) groups excluding carboxylic acids is 1. The van der Waals surface area contributed by atoms with Crippen molar-refractivity contribution >= 4 is 39.7 Å². The standard InChI is InChI=1S/C35H27ClN2O2S/c1-22-12-17-32(41-22)27-10-5-9-26(19-27)31(21-28-20-30(36)29-11-6-18-37-33(29)34(28)39)38-35(40)25-15-13-24(14-16-25)23-7-3-2-4-8-23/h2-20,31,39H,21H2,1H3,(H,38,40). The molecule has 0 aliphatic rings. The van der Waals surface area contributed by atoms with Gasteiger partial charge in [0.25, 0.3) is 5.91 Å². The Labute approximate surface area is 247 Å². The van der Waals surface area contributed by atoms with E-state index in [0.717, 1.165) is 27.1 Å². The lowest BCUT2D eigenvalue weighted by Gasteiger charge is -2.21. The fraction of sp³-hybridized carbons (Fsp3) is 0.0857. The van der Waals surface area contributed by atoms with Gasteiger partial charge in [-0.05, 0) is 77.7 Å². The first kappa shape index (κ1) is 26.8. The van der Waals surface area contributed by atoms with E-state index in [4.69, 9.17) is 11.6 Å². The van der Waals surface area contributed by atoms with Gasteiger partial charge in [-0.25, -0.2) is 0 Å². The molecule has 6 aromatic rings. The number of aromatic hydroxyl groups is 1. The lowest BCUT2D eigenvalue weighted by molar-refractivity contribution is 0.0936. The molecule has 6 heteroatoms. The summed E-state index contributed by atoms with van der Waals surface area (Å²) in [7, 11) is 0. The number of thiophene rings is 1.